The summed E-state index contributed by atoms with van der Waals surface area (Å²) in [6, 6.07) is 16.4. The number of hydrogen-bond acceptors (Lipinski definition) is 2. The highest BCUT2D eigenvalue weighted by atomic mass is 16.1. The summed E-state index contributed by atoms with van der Waals surface area (Å²) in [7, 11) is 0. The highest BCUT2D eigenvalue weighted by Crippen LogP contribution is 2.10. The molecule has 0 heterocycles. The van der Waals surface area contributed by atoms with E-state index in [4.69, 9.17) is 0 Å². The molecule has 3 nitrogen and oxygen atoms in total. The molecule has 0 atom stereocenters. The van der Waals surface area contributed by atoms with Crippen molar-refractivity contribution in [2.75, 3.05) is 0 Å². The molecule has 1 N–H and O–H groups in total. The molecule has 0 aliphatic rings. The van der Waals surface area contributed by atoms with E-state index in [2.05, 4.69) is 5.32 Å². The molecule has 0 saturated heterocycles. The first-order valence-corrected chi connectivity index (χ1v) is 5.67. The number of nitrogens with one attached hydrogen (secondary N) is 1. The van der Waals surface area contributed by atoms with Crippen molar-refractivity contribution >= 4 is 12.2 Å². The minimum atomic E-state index is 0.00509. The molecule has 0 radical (unpaired) electrons. The Kier molecular flexibility index (Phi) is 3.86. The van der Waals surface area contributed by atoms with E-state index < -0.39 is 0 Å². The fourth-order valence-corrected chi connectivity index (χ4v) is 1.69. The molecule has 3 heteroatoms. The molecule has 90 valence electrons. The molecule has 0 bridgehead atoms. The van der Waals surface area contributed by atoms with Crippen LogP contribution >= 0.6 is 0 Å². The maximum absolute atomic E-state index is 12.1. The average Bonchev–Trinajstić information content (AvgIpc) is 2.46. The highest BCUT2D eigenvalue weighted by Gasteiger charge is 2.07. The number of carbonyl (C=O) groups excluding carboxylic acids is 2. The quantitative estimate of drug-likeness (QED) is 0.642. The molecule has 0 aliphatic heterocycles. The van der Waals surface area contributed by atoms with Gasteiger partial charge in [0, 0.05) is 17.7 Å². The Balaban J connectivity index is 2.14. The Morgan fingerprint density at radius 3 is 2.17 bits per heavy atom. The summed E-state index contributed by atoms with van der Waals surface area (Å²) < 4.78 is 0. The lowest BCUT2D eigenvalue weighted by atomic mass is 10.0. The van der Waals surface area contributed by atoms with E-state index in [0.29, 0.717) is 24.1 Å². The van der Waals surface area contributed by atoms with Crippen LogP contribution in [0.5, 0.6) is 0 Å². The predicted octanol–water partition coefficient (Wildman–Crippen LogP) is 2.16. The van der Waals surface area contributed by atoms with Crippen LogP contribution in [0.25, 0.3) is 0 Å². The first kappa shape index (κ1) is 12.0. The van der Waals surface area contributed by atoms with Crippen LogP contribution in [0, 0.1) is 0 Å². The summed E-state index contributed by atoms with van der Waals surface area (Å²) in [4.78, 5) is 22.3. The standard InChI is InChI=1S/C15H13NO2/c17-11-16-10-12-6-8-14(9-7-12)15(18)13-4-2-1-3-5-13/h1-9,11H,10H2,(H,16,17). The Hall–Kier alpha value is -2.42. The second-order valence-corrected chi connectivity index (χ2v) is 3.89. The van der Waals surface area contributed by atoms with Crippen LogP contribution in [0.3, 0.4) is 0 Å². The third kappa shape index (κ3) is 2.83. The second-order valence-electron chi connectivity index (χ2n) is 3.89. The van der Waals surface area contributed by atoms with Gasteiger partial charge in [-0.1, -0.05) is 54.6 Å². The van der Waals surface area contributed by atoms with Gasteiger partial charge < -0.3 is 5.32 Å². The molecular formula is C15H13NO2. The first-order chi connectivity index (χ1) is 8.81. The van der Waals surface area contributed by atoms with Crippen LogP contribution in [-0.2, 0) is 11.3 Å². The van der Waals surface area contributed by atoms with Crippen LogP contribution in [0.15, 0.2) is 54.6 Å². The number of ketones is 1. The van der Waals surface area contributed by atoms with Crippen molar-refractivity contribution in [3.8, 4) is 0 Å². The first-order valence-electron chi connectivity index (χ1n) is 5.67. The van der Waals surface area contributed by atoms with Gasteiger partial charge in [0.15, 0.2) is 5.78 Å². The van der Waals surface area contributed by atoms with E-state index in [-0.39, 0.29) is 5.78 Å². The lowest BCUT2D eigenvalue weighted by molar-refractivity contribution is -0.109. The molecule has 0 aliphatic carbocycles. The smallest absolute Gasteiger partial charge is 0.207 e. The van der Waals surface area contributed by atoms with Crippen LogP contribution in [0.4, 0.5) is 0 Å². The molecule has 0 aromatic heterocycles. The molecule has 2 aromatic rings. The molecular weight excluding hydrogens is 226 g/mol. The molecule has 18 heavy (non-hydrogen) atoms. The SMILES string of the molecule is O=CNCc1ccc(C(=O)c2ccccc2)cc1. The van der Waals surface area contributed by atoms with E-state index in [1.807, 2.05) is 30.3 Å². The minimum absolute atomic E-state index is 0.00509. The van der Waals surface area contributed by atoms with Gasteiger partial charge in [0.1, 0.15) is 0 Å². The van der Waals surface area contributed by atoms with Gasteiger partial charge >= 0.3 is 0 Å². The van der Waals surface area contributed by atoms with Gasteiger partial charge in [0.05, 0.1) is 0 Å². The maximum atomic E-state index is 12.1. The van der Waals surface area contributed by atoms with E-state index in [0.717, 1.165) is 5.56 Å². The van der Waals surface area contributed by atoms with Gasteiger partial charge in [-0.15, -0.1) is 0 Å². The fraction of sp³-hybridized carbons (Fsp3) is 0.0667. The van der Waals surface area contributed by atoms with Crippen LogP contribution < -0.4 is 5.32 Å². The van der Waals surface area contributed by atoms with E-state index in [1.54, 1.807) is 24.3 Å². The summed E-state index contributed by atoms with van der Waals surface area (Å²) in [5.41, 5.74) is 2.29. The van der Waals surface area contributed by atoms with Gasteiger partial charge in [0.25, 0.3) is 0 Å². The number of amides is 1. The molecule has 0 fully saturated rings. The Labute approximate surface area is 105 Å². The van der Waals surface area contributed by atoms with Gasteiger partial charge in [-0.3, -0.25) is 9.59 Å². The summed E-state index contributed by atoms with van der Waals surface area (Å²) >= 11 is 0. The lowest BCUT2D eigenvalue weighted by Gasteiger charge is -2.03. The third-order valence-corrected chi connectivity index (χ3v) is 2.64. The molecule has 2 rings (SSSR count). The van der Waals surface area contributed by atoms with Crippen molar-refractivity contribution in [3.05, 3.63) is 71.3 Å². The zero-order chi connectivity index (χ0) is 12.8. The largest absolute Gasteiger partial charge is 0.355 e. The molecule has 0 unspecified atom stereocenters. The summed E-state index contributed by atoms with van der Waals surface area (Å²) in [5.74, 6) is 0.00509. The maximum Gasteiger partial charge on any atom is 0.207 e. The Morgan fingerprint density at radius 1 is 0.944 bits per heavy atom. The summed E-state index contributed by atoms with van der Waals surface area (Å²) in [5, 5.41) is 2.58. The van der Waals surface area contributed by atoms with Crippen molar-refractivity contribution in [2.24, 2.45) is 0 Å². The van der Waals surface area contributed by atoms with Gasteiger partial charge in [0.2, 0.25) is 6.41 Å². The van der Waals surface area contributed by atoms with Crippen LogP contribution in [0.2, 0.25) is 0 Å². The zero-order valence-electron chi connectivity index (χ0n) is 9.80. The van der Waals surface area contributed by atoms with Gasteiger partial charge in [-0.2, -0.15) is 0 Å². The number of rotatable bonds is 5. The molecule has 0 saturated carbocycles. The molecule has 0 spiro atoms. The predicted molar refractivity (Wildman–Crippen MR) is 69.2 cm³/mol. The van der Waals surface area contributed by atoms with Crippen molar-refractivity contribution in [2.45, 2.75) is 6.54 Å². The number of hydrogen-bond donors (Lipinski definition) is 1. The third-order valence-electron chi connectivity index (χ3n) is 2.64. The topological polar surface area (TPSA) is 46.2 Å². The normalized spacial score (nSPS) is 9.78. The monoisotopic (exact) mass is 239 g/mol. The number of carbonyl (C=O) groups is 2. The zero-order valence-corrected chi connectivity index (χ0v) is 9.80. The second kappa shape index (κ2) is 5.77. The molecule has 2 aromatic carbocycles. The van der Waals surface area contributed by atoms with Crippen LogP contribution in [-0.4, -0.2) is 12.2 Å². The van der Waals surface area contributed by atoms with E-state index in [9.17, 15) is 9.59 Å². The Morgan fingerprint density at radius 2 is 1.56 bits per heavy atom. The van der Waals surface area contributed by atoms with Gasteiger partial charge in [-0.05, 0) is 5.56 Å². The number of benzene rings is 2. The summed E-state index contributed by atoms with van der Waals surface area (Å²) in [6.07, 6.45) is 0.656. The highest BCUT2D eigenvalue weighted by molar-refractivity contribution is 6.08. The van der Waals surface area contributed by atoms with E-state index >= 15 is 0 Å². The summed E-state index contributed by atoms with van der Waals surface area (Å²) in [6.45, 7) is 0.476. The minimum Gasteiger partial charge on any atom is -0.355 e. The van der Waals surface area contributed by atoms with Crippen molar-refractivity contribution in [1.29, 1.82) is 0 Å². The average molecular weight is 239 g/mol. The Bertz CT molecular complexity index is 532. The fourth-order valence-electron chi connectivity index (χ4n) is 1.69. The van der Waals surface area contributed by atoms with Crippen molar-refractivity contribution in [1.82, 2.24) is 5.32 Å². The van der Waals surface area contributed by atoms with Gasteiger partial charge in [-0.25, -0.2) is 0 Å². The van der Waals surface area contributed by atoms with Crippen molar-refractivity contribution < 1.29 is 9.59 Å². The van der Waals surface area contributed by atoms with Crippen molar-refractivity contribution in [3.63, 3.8) is 0 Å². The lowest BCUT2D eigenvalue weighted by Crippen LogP contribution is -2.09. The van der Waals surface area contributed by atoms with E-state index in [1.165, 1.54) is 0 Å². The molecule has 1 amide bonds. The van der Waals surface area contributed by atoms with Crippen LogP contribution in [0.1, 0.15) is 21.5 Å².